The van der Waals surface area contributed by atoms with Gasteiger partial charge < -0.3 is 10.4 Å². The average molecular weight is 374 g/mol. The fourth-order valence-corrected chi connectivity index (χ4v) is 2.83. The van der Waals surface area contributed by atoms with Crippen molar-refractivity contribution in [3.8, 4) is 0 Å². The number of carboxylic acid groups (broad SMARTS) is 1. The molecule has 3 N–H and O–H groups in total. The number of aromatic nitrogens is 2. The van der Waals surface area contributed by atoms with Crippen LogP contribution in [-0.4, -0.2) is 38.1 Å². The average Bonchev–Trinajstić information content (AvgIpc) is 3.05. The van der Waals surface area contributed by atoms with Crippen LogP contribution < -0.4 is 5.32 Å². The quantitative estimate of drug-likeness (QED) is 0.431. The predicted molar refractivity (Wildman–Crippen MR) is 97.5 cm³/mol. The molecule has 0 aliphatic rings. The highest BCUT2D eigenvalue weighted by molar-refractivity contribution is 5.96. The molecule has 27 heavy (non-hydrogen) atoms. The number of aryl methyl sites for hydroxylation is 1. The van der Waals surface area contributed by atoms with Gasteiger partial charge in [-0.25, -0.2) is 0 Å². The Morgan fingerprint density at radius 3 is 2.63 bits per heavy atom. The van der Waals surface area contributed by atoms with E-state index in [2.05, 4.69) is 15.5 Å². The Morgan fingerprint density at radius 2 is 2.04 bits per heavy atom. The van der Waals surface area contributed by atoms with Crippen molar-refractivity contribution < 1.29 is 19.6 Å². The van der Waals surface area contributed by atoms with E-state index in [0.717, 1.165) is 5.56 Å². The van der Waals surface area contributed by atoms with Gasteiger partial charge in [0.05, 0.1) is 4.92 Å². The number of amides is 1. The van der Waals surface area contributed by atoms with Crippen LogP contribution in [0.15, 0.2) is 30.3 Å². The first-order valence-electron chi connectivity index (χ1n) is 8.70. The van der Waals surface area contributed by atoms with Crippen molar-refractivity contribution in [2.24, 2.45) is 0 Å². The first-order valence-corrected chi connectivity index (χ1v) is 8.70. The van der Waals surface area contributed by atoms with E-state index < -0.39 is 22.8 Å². The van der Waals surface area contributed by atoms with Crippen LogP contribution in [0, 0.1) is 10.1 Å². The number of aromatic amines is 1. The van der Waals surface area contributed by atoms with E-state index in [0.29, 0.717) is 25.0 Å². The van der Waals surface area contributed by atoms with Gasteiger partial charge in [-0.2, -0.15) is 5.10 Å². The minimum atomic E-state index is -0.974. The van der Waals surface area contributed by atoms with Crippen LogP contribution in [0.2, 0.25) is 0 Å². The molecule has 1 amide bonds. The van der Waals surface area contributed by atoms with Gasteiger partial charge in [0.2, 0.25) is 5.69 Å². The van der Waals surface area contributed by atoms with E-state index in [4.69, 9.17) is 5.11 Å². The van der Waals surface area contributed by atoms with Gasteiger partial charge in [0, 0.05) is 12.5 Å². The van der Waals surface area contributed by atoms with E-state index in [1.54, 1.807) is 0 Å². The van der Waals surface area contributed by atoms with Crippen LogP contribution in [0.3, 0.4) is 0 Å². The normalized spacial score (nSPS) is 11.7. The van der Waals surface area contributed by atoms with Crippen LogP contribution in [0.1, 0.15) is 47.9 Å². The molecule has 1 unspecified atom stereocenters. The Kier molecular flexibility index (Phi) is 7.04. The molecule has 0 aliphatic carbocycles. The van der Waals surface area contributed by atoms with Crippen molar-refractivity contribution >= 4 is 17.6 Å². The maximum atomic E-state index is 12.6. The van der Waals surface area contributed by atoms with E-state index in [-0.39, 0.29) is 24.2 Å². The highest BCUT2D eigenvalue weighted by Gasteiger charge is 2.30. The highest BCUT2D eigenvalue weighted by atomic mass is 16.6. The lowest BCUT2D eigenvalue weighted by Gasteiger charge is -2.17. The van der Waals surface area contributed by atoms with Gasteiger partial charge in [-0.3, -0.25) is 24.8 Å². The number of nitro groups is 1. The fourth-order valence-electron chi connectivity index (χ4n) is 2.83. The molecule has 0 radical (unpaired) electrons. The van der Waals surface area contributed by atoms with Crippen LogP contribution in [-0.2, 0) is 17.6 Å². The maximum Gasteiger partial charge on any atom is 0.322 e. The number of nitrogens with zero attached hydrogens (tertiary/aromatic N) is 2. The zero-order valence-electron chi connectivity index (χ0n) is 15.0. The number of carbonyl (C=O) groups excluding carboxylic acids is 1. The summed E-state index contributed by atoms with van der Waals surface area (Å²) in [5.74, 6) is -1.66. The lowest BCUT2D eigenvalue weighted by Crippen LogP contribution is -2.37. The van der Waals surface area contributed by atoms with Crippen LogP contribution in [0.25, 0.3) is 0 Å². The third kappa shape index (κ3) is 5.63. The fraction of sp³-hybridized carbons (Fsp3) is 0.389. The van der Waals surface area contributed by atoms with Crippen LogP contribution in [0.5, 0.6) is 0 Å². The Morgan fingerprint density at radius 1 is 1.33 bits per heavy atom. The number of hydrogen-bond acceptors (Lipinski definition) is 5. The minimum Gasteiger partial charge on any atom is -0.481 e. The topological polar surface area (TPSA) is 138 Å². The highest BCUT2D eigenvalue weighted by Crippen LogP contribution is 2.22. The van der Waals surface area contributed by atoms with Crippen molar-refractivity contribution in [2.45, 2.75) is 45.1 Å². The van der Waals surface area contributed by atoms with Gasteiger partial charge in [-0.15, -0.1) is 0 Å². The molecule has 144 valence electrons. The van der Waals surface area contributed by atoms with E-state index in [1.165, 1.54) is 0 Å². The van der Waals surface area contributed by atoms with Gasteiger partial charge in [0.15, 0.2) is 0 Å². The van der Waals surface area contributed by atoms with E-state index >= 15 is 0 Å². The molecule has 1 aromatic heterocycles. The lowest BCUT2D eigenvalue weighted by atomic mass is 10.0. The standard InChI is InChI=1S/C18H22N4O5/c1-2-6-14-17(22(26)27)16(21-20-14)18(25)19-13(9-10-15(23)24)11-12-7-4-3-5-8-12/h3-5,7-8,13H,2,6,9-11H2,1H3,(H,19,25)(H,20,21)(H,23,24). The number of hydrogen-bond donors (Lipinski definition) is 3. The molecule has 0 fully saturated rings. The van der Waals surface area contributed by atoms with Gasteiger partial charge in [-0.05, 0) is 24.8 Å². The third-order valence-corrected chi connectivity index (χ3v) is 4.08. The Hall–Kier alpha value is -3.23. The molecule has 2 aromatic rings. The molecule has 1 atom stereocenters. The van der Waals surface area contributed by atoms with Gasteiger partial charge >= 0.3 is 11.7 Å². The number of carbonyl (C=O) groups is 2. The van der Waals surface area contributed by atoms with Crippen LogP contribution in [0.4, 0.5) is 5.69 Å². The Bertz CT molecular complexity index is 803. The molecule has 1 heterocycles. The maximum absolute atomic E-state index is 12.6. The summed E-state index contributed by atoms with van der Waals surface area (Å²) in [5, 5.41) is 29.4. The Labute approximate surface area is 155 Å². The number of H-pyrrole nitrogens is 1. The first-order chi connectivity index (χ1) is 12.9. The molecular formula is C18H22N4O5. The zero-order valence-corrected chi connectivity index (χ0v) is 15.0. The van der Waals surface area contributed by atoms with E-state index in [1.807, 2.05) is 37.3 Å². The number of aliphatic carboxylic acids is 1. The number of nitrogens with one attached hydrogen (secondary N) is 2. The zero-order chi connectivity index (χ0) is 19.8. The second kappa shape index (κ2) is 9.46. The molecule has 0 saturated heterocycles. The second-order valence-electron chi connectivity index (χ2n) is 6.20. The van der Waals surface area contributed by atoms with Crippen molar-refractivity contribution in [2.75, 3.05) is 0 Å². The molecular weight excluding hydrogens is 352 g/mol. The Balaban J connectivity index is 2.19. The summed E-state index contributed by atoms with van der Waals surface area (Å²) in [6.45, 7) is 1.87. The van der Waals surface area contributed by atoms with E-state index in [9.17, 15) is 19.7 Å². The van der Waals surface area contributed by atoms with Crippen molar-refractivity contribution in [3.05, 3.63) is 57.4 Å². The van der Waals surface area contributed by atoms with Crippen molar-refractivity contribution in [1.82, 2.24) is 15.5 Å². The summed E-state index contributed by atoms with van der Waals surface area (Å²) in [7, 11) is 0. The van der Waals surface area contributed by atoms with Crippen LogP contribution >= 0.6 is 0 Å². The third-order valence-electron chi connectivity index (χ3n) is 4.08. The van der Waals surface area contributed by atoms with Gasteiger partial charge in [-0.1, -0.05) is 43.7 Å². The molecule has 0 bridgehead atoms. The molecule has 9 nitrogen and oxygen atoms in total. The lowest BCUT2D eigenvalue weighted by molar-refractivity contribution is -0.385. The predicted octanol–water partition coefficient (Wildman–Crippen LogP) is 2.48. The molecule has 9 heteroatoms. The summed E-state index contributed by atoms with van der Waals surface area (Å²) in [6, 6.07) is 8.81. The minimum absolute atomic E-state index is 0.123. The largest absolute Gasteiger partial charge is 0.481 e. The second-order valence-corrected chi connectivity index (χ2v) is 6.20. The monoisotopic (exact) mass is 374 g/mol. The number of benzene rings is 1. The summed E-state index contributed by atoms with van der Waals surface area (Å²) in [6.07, 6.45) is 1.57. The molecule has 0 spiro atoms. The summed E-state index contributed by atoms with van der Waals surface area (Å²) in [4.78, 5) is 34.2. The molecule has 1 aromatic carbocycles. The summed E-state index contributed by atoms with van der Waals surface area (Å²) in [5.41, 5.74) is 0.622. The SMILES string of the molecule is CCCc1[nH]nc(C(=O)NC(CCC(=O)O)Cc2ccccc2)c1[N+](=O)[O-]. The molecule has 0 aliphatic heterocycles. The summed E-state index contributed by atoms with van der Waals surface area (Å²) >= 11 is 0. The van der Waals surface area contributed by atoms with Crippen molar-refractivity contribution in [1.29, 1.82) is 0 Å². The van der Waals surface area contributed by atoms with Gasteiger partial charge in [0.25, 0.3) is 5.91 Å². The van der Waals surface area contributed by atoms with Gasteiger partial charge in [0.1, 0.15) is 5.69 Å². The number of carboxylic acids is 1. The number of rotatable bonds is 10. The van der Waals surface area contributed by atoms with Crippen molar-refractivity contribution in [3.63, 3.8) is 0 Å². The smallest absolute Gasteiger partial charge is 0.322 e. The molecule has 2 rings (SSSR count). The first kappa shape index (κ1) is 20.1. The summed E-state index contributed by atoms with van der Waals surface area (Å²) < 4.78 is 0. The molecule has 0 saturated carbocycles.